The highest BCUT2D eigenvalue weighted by Gasteiger charge is 2.34. The Morgan fingerprint density at radius 3 is 2.75 bits per heavy atom. The molecule has 0 bridgehead atoms. The van der Waals surface area contributed by atoms with Gasteiger partial charge in [0.2, 0.25) is 5.88 Å². The lowest BCUT2D eigenvalue weighted by Gasteiger charge is -2.37. The van der Waals surface area contributed by atoms with Gasteiger partial charge in [0.1, 0.15) is 17.5 Å². The summed E-state index contributed by atoms with van der Waals surface area (Å²) >= 11 is 0. The monoisotopic (exact) mass is 495 g/mol. The average molecular weight is 496 g/mol. The summed E-state index contributed by atoms with van der Waals surface area (Å²) in [5, 5.41) is 9.81. The van der Waals surface area contributed by atoms with Crippen molar-refractivity contribution in [3.05, 3.63) is 59.0 Å². The zero-order valence-electron chi connectivity index (χ0n) is 21.5. The van der Waals surface area contributed by atoms with Crippen molar-refractivity contribution in [3.8, 4) is 17.7 Å². The van der Waals surface area contributed by atoms with E-state index in [-0.39, 0.29) is 47.9 Å². The van der Waals surface area contributed by atoms with Gasteiger partial charge in [0, 0.05) is 43.3 Å². The molecule has 0 aliphatic carbocycles. The quantitative estimate of drug-likeness (QED) is 0.619. The lowest BCUT2D eigenvalue weighted by atomic mass is 9.99. The minimum atomic E-state index is -0.502. The number of benzene rings is 1. The molecule has 2 aromatic rings. The van der Waals surface area contributed by atoms with Gasteiger partial charge in [0.05, 0.1) is 19.2 Å². The van der Waals surface area contributed by atoms with Gasteiger partial charge in [-0.25, -0.2) is 9.37 Å². The minimum absolute atomic E-state index is 0.160. The van der Waals surface area contributed by atoms with Crippen LogP contribution in [0.5, 0.6) is 5.88 Å². The number of hydrogen-bond donors (Lipinski definition) is 1. The Bertz CT molecular complexity index is 1160. The maximum atomic E-state index is 13.6. The molecule has 2 amide bonds. The number of amides is 2. The van der Waals surface area contributed by atoms with Gasteiger partial charge < -0.3 is 19.6 Å². The fourth-order valence-corrected chi connectivity index (χ4v) is 3.94. The summed E-state index contributed by atoms with van der Waals surface area (Å²) in [6.07, 6.45) is 1.79. The van der Waals surface area contributed by atoms with Crippen LogP contribution in [-0.4, -0.2) is 70.6 Å². The van der Waals surface area contributed by atoms with Crippen molar-refractivity contribution < 1.29 is 23.8 Å². The number of aliphatic hydroxyl groups excluding tert-OH is 1. The van der Waals surface area contributed by atoms with Gasteiger partial charge in [0.25, 0.3) is 11.8 Å². The lowest BCUT2D eigenvalue weighted by Crippen LogP contribution is -2.50. The molecule has 0 fully saturated rings. The summed E-state index contributed by atoms with van der Waals surface area (Å²) in [4.78, 5) is 33.9. The molecule has 1 aromatic carbocycles. The summed E-state index contributed by atoms with van der Waals surface area (Å²) in [7, 11) is 1.63. The van der Waals surface area contributed by atoms with Crippen LogP contribution < -0.4 is 4.74 Å². The van der Waals surface area contributed by atoms with Crippen molar-refractivity contribution in [3.63, 3.8) is 0 Å². The first-order chi connectivity index (χ1) is 17.1. The number of fused-ring (bicyclic) bond motifs is 1. The first-order valence-electron chi connectivity index (χ1n) is 12.2. The maximum Gasteiger partial charge on any atom is 0.259 e. The molecular formula is C28H34FN3O4. The third-order valence-corrected chi connectivity index (χ3v) is 6.14. The van der Waals surface area contributed by atoms with Crippen LogP contribution >= 0.6 is 0 Å². The van der Waals surface area contributed by atoms with Crippen LogP contribution in [0.15, 0.2) is 36.5 Å². The molecule has 0 spiro atoms. The molecule has 1 aliphatic rings. The number of hydrogen-bond acceptors (Lipinski definition) is 5. The summed E-state index contributed by atoms with van der Waals surface area (Å²) in [6, 6.07) is 6.79. The van der Waals surface area contributed by atoms with Crippen LogP contribution in [0.3, 0.4) is 0 Å². The SMILES string of the molecule is CC(C)CC#Cc1cnc2c(c1)C(=O)N([C@H](C)CO)C[C@@H](C)[C@H](CN(C)C(=O)c1cccc(F)c1)O2. The van der Waals surface area contributed by atoms with Gasteiger partial charge in [-0.3, -0.25) is 9.59 Å². The predicted octanol–water partition coefficient (Wildman–Crippen LogP) is 3.61. The van der Waals surface area contributed by atoms with Gasteiger partial charge in [-0.2, -0.15) is 0 Å². The van der Waals surface area contributed by atoms with Crippen LogP contribution in [0.4, 0.5) is 4.39 Å². The highest BCUT2D eigenvalue weighted by Crippen LogP contribution is 2.27. The van der Waals surface area contributed by atoms with Crippen LogP contribution in [-0.2, 0) is 0 Å². The van der Waals surface area contributed by atoms with Gasteiger partial charge in [-0.1, -0.05) is 38.7 Å². The summed E-state index contributed by atoms with van der Waals surface area (Å²) in [5.41, 5.74) is 1.11. The molecule has 36 heavy (non-hydrogen) atoms. The minimum Gasteiger partial charge on any atom is -0.472 e. The smallest absolute Gasteiger partial charge is 0.259 e. The van der Waals surface area contributed by atoms with Crippen LogP contribution in [0.25, 0.3) is 0 Å². The normalized spacial score (nSPS) is 18.3. The second kappa shape index (κ2) is 12.0. The Morgan fingerprint density at radius 2 is 2.08 bits per heavy atom. The standard InChI is InChI=1S/C28H34FN3O4/c1-18(2)8-6-9-21-12-24-26(30-14-21)36-25(19(3)15-32(28(24)35)20(4)17-33)16-31(5)27(34)22-10-7-11-23(29)13-22/h7,10-14,18-20,25,33H,8,15-17H2,1-5H3/t19-,20-,25+/m1/s1. The Hall–Kier alpha value is -3.44. The molecule has 7 nitrogen and oxygen atoms in total. The second-order valence-electron chi connectivity index (χ2n) is 9.80. The Kier molecular flexibility index (Phi) is 9.05. The van der Waals surface area contributed by atoms with Crippen molar-refractivity contribution >= 4 is 11.8 Å². The largest absolute Gasteiger partial charge is 0.472 e. The van der Waals surface area contributed by atoms with Crippen molar-refractivity contribution in [2.45, 2.75) is 46.3 Å². The number of ether oxygens (including phenoxy) is 1. The molecule has 3 atom stereocenters. The number of halogens is 1. The fraction of sp³-hybridized carbons (Fsp3) is 0.464. The Morgan fingerprint density at radius 1 is 1.33 bits per heavy atom. The maximum absolute atomic E-state index is 13.6. The molecule has 1 aromatic heterocycles. The van der Waals surface area contributed by atoms with E-state index in [1.165, 1.54) is 23.1 Å². The third-order valence-electron chi connectivity index (χ3n) is 6.14. The van der Waals surface area contributed by atoms with E-state index in [4.69, 9.17) is 4.74 Å². The van der Waals surface area contributed by atoms with Gasteiger partial charge >= 0.3 is 0 Å². The van der Waals surface area contributed by atoms with Gasteiger partial charge in [-0.05, 0) is 37.1 Å². The van der Waals surface area contributed by atoms with Crippen LogP contribution in [0, 0.1) is 29.5 Å². The number of likely N-dealkylation sites (N-methyl/N-ethyl adjacent to an activating group) is 1. The number of carbonyl (C=O) groups is 2. The molecule has 192 valence electrons. The van der Waals surface area contributed by atoms with Gasteiger partial charge in [0.15, 0.2) is 0 Å². The van der Waals surface area contributed by atoms with Gasteiger partial charge in [-0.15, -0.1) is 0 Å². The highest BCUT2D eigenvalue weighted by molar-refractivity contribution is 5.97. The molecule has 8 heteroatoms. The molecule has 0 unspecified atom stereocenters. The van der Waals surface area contributed by atoms with Crippen molar-refractivity contribution in [1.29, 1.82) is 0 Å². The topological polar surface area (TPSA) is 83.0 Å². The van der Waals surface area contributed by atoms with E-state index in [9.17, 15) is 19.1 Å². The number of carbonyl (C=O) groups excluding carboxylic acids is 2. The van der Waals surface area contributed by atoms with Crippen molar-refractivity contribution in [1.82, 2.24) is 14.8 Å². The Balaban J connectivity index is 1.93. The molecule has 2 heterocycles. The van der Waals surface area contributed by atoms with E-state index in [0.29, 0.717) is 18.0 Å². The van der Waals surface area contributed by atoms with E-state index in [0.717, 1.165) is 6.42 Å². The Labute approximate surface area is 212 Å². The molecule has 0 radical (unpaired) electrons. The molecule has 3 rings (SSSR count). The van der Waals surface area contributed by atoms with Crippen LogP contribution in [0.2, 0.25) is 0 Å². The van der Waals surface area contributed by atoms with E-state index >= 15 is 0 Å². The molecule has 1 N–H and O–H groups in total. The first kappa shape index (κ1) is 27.2. The second-order valence-corrected chi connectivity index (χ2v) is 9.80. The number of aromatic nitrogens is 1. The zero-order valence-corrected chi connectivity index (χ0v) is 21.5. The molecule has 0 saturated carbocycles. The van der Waals surface area contributed by atoms with Crippen LogP contribution in [0.1, 0.15) is 60.4 Å². The number of aliphatic hydroxyl groups is 1. The van der Waals surface area contributed by atoms with E-state index in [2.05, 4.69) is 30.7 Å². The lowest BCUT2D eigenvalue weighted by molar-refractivity contribution is 0.0313. The summed E-state index contributed by atoms with van der Waals surface area (Å²) in [6.45, 7) is 8.18. The zero-order chi connectivity index (χ0) is 26.4. The van der Waals surface area contributed by atoms with E-state index in [1.807, 2.05) is 6.92 Å². The van der Waals surface area contributed by atoms with Crippen molar-refractivity contribution in [2.24, 2.45) is 11.8 Å². The predicted molar refractivity (Wildman–Crippen MR) is 135 cm³/mol. The average Bonchev–Trinajstić information content (AvgIpc) is 2.85. The van der Waals surface area contributed by atoms with E-state index < -0.39 is 18.0 Å². The number of rotatable bonds is 6. The molecular weight excluding hydrogens is 461 g/mol. The molecule has 0 saturated heterocycles. The third kappa shape index (κ3) is 6.61. The van der Waals surface area contributed by atoms with E-state index in [1.54, 1.807) is 37.2 Å². The summed E-state index contributed by atoms with van der Waals surface area (Å²) < 4.78 is 19.9. The fourth-order valence-electron chi connectivity index (χ4n) is 3.94. The first-order valence-corrected chi connectivity index (χ1v) is 12.2. The molecule has 1 aliphatic heterocycles. The van der Waals surface area contributed by atoms with Crippen molar-refractivity contribution in [2.75, 3.05) is 26.7 Å². The number of nitrogens with zero attached hydrogens (tertiary/aromatic N) is 3. The number of pyridine rings is 1. The highest BCUT2D eigenvalue weighted by atomic mass is 19.1. The summed E-state index contributed by atoms with van der Waals surface area (Å²) in [5.74, 6) is 5.44.